The molecule has 0 saturated heterocycles. The Morgan fingerprint density at radius 1 is 0.548 bits per heavy atom. The molecule has 0 unspecified atom stereocenters. The molecule has 184 valence electrons. The van der Waals surface area contributed by atoms with Gasteiger partial charge in [0, 0.05) is 12.5 Å². The van der Waals surface area contributed by atoms with Crippen molar-refractivity contribution in [2.24, 2.45) is 0 Å². The van der Waals surface area contributed by atoms with Crippen LogP contribution in [0.4, 0.5) is 0 Å². The van der Waals surface area contributed by atoms with Gasteiger partial charge >= 0.3 is 11.9 Å². The molecule has 0 aromatic rings. The average molecular weight is 441 g/mol. The van der Waals surface area contributed by atoms with Crippen LogP contribution in [0.25, 0.3) is 0 Å². The first kappa shape index (κ1) is 31.9. The third-order valence-corrected chi connectivity index (χ3v) is 5.67. The van der Waals surface area contributed by atoms with E-state index in [9.17, 15) is 9.59 Å². The molecule has 0 heterocycles. The first-order chi connectivity index (χ1) is 15.0. The zero-order valence-corrected chi connectivity index (χ0v) is 20.6. The SMILES string of the molecule is C=CC(=O)O.CCCCCCCCCCCCCCCCCCCCCCCC(=O)O. The minimum absolute atomic E-state index is 0.346. The molecule has 0 atom stereocenters. The van der Waals surface area contributed by atoms with Crippen LogP contribution in [0, 0.1) is 0 Å². The Balaban J connectivity index is 0. The van der Waals surface area contributed by atoms with E-state index >= 15 is 0 Å². The molecule has 2 N–H and O–H groups in total. The molecular weight excluding hydrogens is 388 g/mol. The van der Waals surface area contributed by atoms with E-state index in [-0.39, 0.29) is 0 Å². The number of rotatable bonds is 23. The lowest BCUT2D eigenvalue weighted by molar-refractivity contribution is -0.137. The first-order valence-corrected chi connectivity index (χ1v) is 13.1. The van der Waals surface area contributed by atoms with Crippen LogP contribution in [0.5, 0.6) is 0 Å². The molecular formula is C27H52O4. The van der Waals surface area contributed by atoms with Crippen molar-refractivity contribution in [2.75, 3.05) is 0 Å². The molecule has 0 bridgehead atoms. The van der Waals surface area contributed by atoms with Crippen molar-refractivity contribution in [1.29, 1.82) is 0 Å². The summed E-state index contributed by atoms with van der Waals surface area (Å²) in [6.45, 7) is 5.25. The Kier molecular flexibility index (Phi) is 29.5. The Morgan fingerprint density at radius 3 is 0.968 bits per heavy atom. The molecule has 0 aliphatic rings. The van der Waals surface area contributed by atoms with E-state index in [0.717, 1.165) is 18.9 Å². The van der Waals surface area contributed by atoms with Crippen molar-refractivity contribution in [3.63, 3.8) is 0 Å². The van der Waals surface area contributed by atoms with Crippen LogP contribution in [0.3, 0.4) is 0 Å². The molecule has 0 amide bonds. The summed E-state index contributed by atoms with van der Waals surface area (Å²) in [5.41, 5.74) is 0. The highest BCUT2D eigenvalue weighted by atomic mass is 16.4. The largest absolute Gasteiger partial charge is 0.481 e. The summed E-state index contributed by atoms with van der Waals surface area (Å²) >= 11 is 0. The lowest BCUT2D eigenvalue weighted by Gasteiger charge is -2.04. The Bertz CT molecular complexity index is 393. The maximum atomic E-state index is 10.4. The second kappa shape index (κ2) is 28.7. The van der Waals surface area contributed by atoms with Crippen molar-refractivity contribution >= 4 is 11.9 Å². The van der Waals surface area contributed by atoms with E-state index in [2.05, 4.69) is 13.5 Å². The van der Waals surface area contributed by atoms with Gasteiger partial charge in [-0.1, -0.05) is 142 Å². The van der Waals surface area contributed by atoms with Gasteiger partial charge in [0.15, 0.2) is 0 Å². The molecule has 0 rings (SSSR count). The number of carboxylic acid groups (broad SMARTS) is 2. The molecule has 4 heteroatoms. The topological polar surface area (TPSA) is 74.6 Å². The molecule has 0 aromatic heterocycles. The molecule has 4 nitrogen and oxygen atoms in total. The van der Waals surface area contributed by atoms with Crippen molar-refractivity contribution in [3.8, 4) is 0 Å². The van der Waals surface area contributed by atoms with Crippen LogP contribution >= 0.6 is 0 Å². The zero-order valence-electron chi connectivity index (χ0n) is 20.6. The number of unbranched alkanes of at least 4 members (excludes halogenated alkanes) is 20. The predicted molar refractivity (Wildman–Crippen MR) is 133 cm³/mol. The van der Waals surface area contributed by atoms with E-state index in [1.165, 1.54) is 122 Å². The van der Waals surface area contributed by atoms with Crippen LogP contribution in [0.2, 0.25) is 0 Å². The molecule has 0 aromatic carbocycles. The fourth-order valence-corrected chi connectivity index (χ4v) is 3.71. The second-order valence-electron chi connectivity index (χ2n) is 8.76. The summed E-state index contributed by atoms with van der Waals surface area (Å²) in [5.74, 6) is -1.63. The Labute approximate surface area is 192 Å². The van der Waals surface area contributed by atoms with Gasteiger partial charge in [-0.15, -0.1) is 0 Å². The minimum Gasteiger partial charge on any atom is -0.481 e. The maximum Gasteiger partial charge on any atom is 0.327 e. The first-order valence-electron chi connectivity index (χ1n) is 13.1. The van der Waals surface area contributed by atoms with Gasteiger partial charge < -0.3 is 10.2 Å². The summed E-state index contributed by atoms with van der Waals surface area (Å²) in [4.78, 5) is 19.7. The van der Waals surface area contributed by atoms with Crippen molar-refractivity contribution in [2.45, 2.75) is 148 Å². The molecule has 31 heavy (non-hydrogen) atoms. The zero-order chi connectivity index (χ0) is 23.4. The van der Waals surface area contributed by atoms with Crippen molar-refractivity contribution in [3.05, 3.63) is 12.7 Å². The predicted octanol–water partition coefficient (Wildman–Crippen LogP) is 8.93. The Morgan fingerprint density at radius 2 is 0.774 bits per heavy atom. The number of aliphatic carboxylic acids is 2. The van der Waals surface area contributed by atoms with E-state index in [1.807, 2.05) is 0 Å². The number of carboxylic acids is 2. The van der Waals surface area contributed by atoms with Crippen LogP contribution in [0.15, 0.2) is 12.7 Å². The van der Waals surface area contributed by atoms with E-state index in [1.54, 1.807) is 0 Å². The van der Waals surface area contributed by atoms with E-state index < -0.39 is 11.9 Å². The Hall–Kier alpha value is -1.32. The highest BCUT2D eigenvalue weighted by Crippen LogP contribution is 2.15. The van der Waals surface area contributed by atoms with Gasteiger partial charge in [0.25, 0.3) is 0 Å². The van der Waals surface area contributed by atoms with Crippen LogP contribution in [0.1, 0.15) is 148 Å². The van der Waals surface area contributed by atoms with Gasteiger partial charge in [0.2, 0.25) is 0 Å². The molecule has 0 aliphatic heterocycles. The van der Waals surface area contributed by atoms with Gasteiger partial charge in [-0.3, -0.25) is 4.79 Å². The number of carbonyl (C=O) groups is 2. The van der Waals surface area contributed by atoms with Gasteiger partial charge in [-0.2, -0.15) is 0 Å². The highest BCUT2D eigenvalue weighted by molar-refractivity contribution is 5.78. The quantitative estimate of drug-likeness (QED) is 0.123. The minimum atomic E-state index is -0.981. The summed E-state index contributed by atoms with van der Waals surface area (Å²) < 4.78 is 0. The molecule has 0 spiro atoms. The van der Waals surface area contributed by atoms with E-state index in [4.69, 9.17) is 10.2 Å². The van der Waals surface area contributed by atoms with Crippen LogP contribution < -0.4 is 0 Å². The van der Waals surface area contributed by atoms with Crippen LogP contribution in [-0.2, 0) is 9.59 Å². The van der Waals surface area contributed by atoms with Crippen molar-refractivity contribution < 1.29 is 19.8 Å². The lowest BCUT2D eigenvalue weighted by Crippen LogP contribution is -1.93. The standard InChI is InChI=1S/C24H48O2.C3H4O2/c1-2-3-4-5-6-7-8-9-10-11-12-13-14-15-16-17-18-19-20-21-22-23-24(25)26;1-2-3(4)5/h2-23H2,1H3,(H,25,26);2H,1H2,(H,4,5). The summed E-state index contributed by atoms with van der Waals surface area (Å²) in [6, 6.07) is 0. The normalized spacial score (nSPS) is 10.4. The summed E-state index contributed by atoms with van der Waals surface area (Å²) in [5, 5.41) is 16.2. The maximum absolute atomic E-state index is 10.4. The highest BCUT2D eigenvalue weighted by Gasteiger charge is 1.97. The second-order valence-corrected chi connectivity index (χ2v) is 8.76. The number of hydrogen-bond acceptors (Lipinski definition) is 2. The third kappa shape index (κ3) is 36.4. The summed E-state index contributed by atoms with van der Waals surface area (Å²) in [6.07, 6.45) is 29.9. The fraction of sp³-hybridized carbons (Fsp3) is 0.852. The molecule has 0 saturated carbocycles. The smallest absolute Gasteiger partial charge is 0.327 e. The van der Waals surface area contributed by atoms with Gasteiger partial charge in [-0.05, 0) is 6.42 Å². The van der Waals surface area contributed by atoms with E-state index in [0.29, 0.717) is 6.42 Å². The molecule has 0 aliphatic carbocycles. The molecule has 0 radical (unpaired) electrons. The third-order valence-electron chi connectivity index (χ3n) is 5.67. The average Bonchev–Trinajstić information content (AvgIpc) is 2.75. The lowest BCUT2D eigenvalue weighted by atomic mass is 10.0. The van der Waals surface area contributed by atoms with Crippen LogP contribution in [-0.4, -0.2) is 22.2 Å². The fourth-order valence-electron chi connectivity index (χ4n) is 3.71. The van der Waals surface area contributed by atoms with Gasteiger partial charge in [0.1, 0.15) is 0 Å². The van der Waals surface area contributed by atoms with Gasteiger partial charge in [0.05, 0.1) is 0 Å². The van der Waals surface area contributed by atoms with Gasteiger partial charge in [-0.25, -0.2) is 4.79 Å². The molecule has 0 fully saturated rings. The summed E-state index contributed by atoms with van der Waals surface area (Å²) in [7, 11) is 0. The number of hydrogen-bond donors (Lipinski definition) is 2. The van der Waals surface area contributed by atoms with Crippen molar-refractivity contribution in [1.82, 2.24) is 0 Å². The monoisotopic (exact) mass is 440 g/mol.